The fraction of sp³-hybridized carbons (Fsp3) is 0.615. The monoisotopic (exact) mass is 379 g/mol. The number of hydrogen-bond acceptors (Lipinski definition) is 7. The molecule has 3 heterocycles. The smallest absolute Gasteiger partial charge is 0.355 e. The Hall–Kier alpha value is -1.95. The van der Waals surface area contributed by atoms with Gasteiger partial charge in [0.25, 0.3) is 15.9 Å². The van der Waals surface area contributed by atoms with Crippen molar-refractivity contribution < 1.29 is 25.8 Å². The number of halogens is 3. The van der Waals surface area contributed by atoms with Gasteiger partial charge in [-0.25, -0.2) is 0 Å². The van der Waals surface area contributed by atoms with Gasteiger partial charge >= 0.3 is 6.18 Å². The van der Waals surface area contributed by atoms with Crippen LogP contribution in [0.4, 0.5) is 19.0 Å². The second kappa shape index (κ2) is 6.41. The second-order valence-corrected chi connectivity index (χ2v) is 7.55. The van der Waals surface area contributed by atoms with Crippen LogP contribution in [0, 0.1) is 5.92 Å². The van der Waals surface area contributed by atoms with Crippen LogP contribution >= 0.6 is 0 Å². The standard InChI is InChI=1S/C13H16F3N5O3S/c1-25(22,23)24-8-9-4-6-20(7-5-9)11-3-2-10-17-18-12(13(14,15)16)21(10)19-11/h2-3,9H,4-8H2,1H3. The molecule has 0 atom stereocenters. The minimum Gasteiger partial charge on any atom is -0.355 e. The van der Waals surface area contributed by atoms with Gasteiger partial charge in [0.05, 0.1) is 12.9 Å². The number of rotatable bonds is 4. The molecule has 0 saturated carbocycles. The van der Waals surface area contributed by atoms with Crippen LogP contribution in [0.1, 0.15) is 18.7 Å². The van der Waals surface area contributed by atoms with Crippen molar-refractivity contribution in [3.05, 3.63) is 18.0 Å². The highest BCUT2D eigenvalue weighted by Crippen LogP contribution is 2.28. The lowest BCUT2D eigenvalue weighted by atomic mass is 9.98. The molecule has 0 radical (unpaired) electrons. The molecule has 0 aliphatic carbocycles. The largest absolute Gasteiger partial charge is 0.453 e. The number of alkyl halides is 3. The summed E-state index contributed by atoms with van der Waals surface area (Å²) < 4.78 is 66.3. The fourth-order valence-electron chi connectivity index (χ4n) is 2.67. The predicted octanol–water partition coefficient (Wildman–Crippen LogP) is 1.34. The molecule has 0 N–H and O–H groups in total. The molecule has 3 rings (SSSR count). The van der Waals surface area contributed by atoms with Gasteiger partial charge in [0.15, 0.2) is 5.65 Å². The zero-order chi connectivity index (χ0) is 18.2. The number of hydrogen-bond donors (Lipinski definition) is 0. The van der Waals surface area contributed by atoms with E-state index in [1.165, 1.54) is 6.07 Å². The highest BCUT2D eigenvalue weighted by atomic mass is 32.2. The van der Waals surface area contributed by atoms with Gasteiger partial charge in [-0.05, 0) is 30.9 Å². The van der Waals surface area contributed by atoms with E-state index in [2.05, 4.69) is 15.3 Å². The summed E-state index contributed by atoms with van der Waals surface area (Å²) in [6, 6.07) is 3.03. The molecule has 1 aliphatic heterocycles. The van der Waals surface area contributed by atoms with Crippen LogP contribution in [0.5, 0.6) is 0 Å². The lowest BCUT2D eigenvalue weighted by Crippen LogP contribution is -2.36. The van der Waals surface area contributed by atoms with Crippen LogP contribution in [0.15, 0.2) is 12.1 Å². The van der Waals surface area contributed by atoms with Crippen molar-refractivity contribution >= 4 is 21.6 Å². The molecule has 0 spiro atoms. The van der Waals surface area contributed by atoms with Crippen molar-refractivity contribution in [1.29, 1.82) is 0 Å². The Morgan fingerprint density at radius 2 is 1.92 bits per heavy atom. The summed E-state index contributed by atoms with van der Waals surface area (Å²) >= 11 is 0. The van der Waals surface area contributed by atoms with Crippen LogP contribution in [0.3, 0.4) is 0 Å². The third-order valence-electron chi connectivity index (χ3n) is 3.96. The highest BCUT2D eigenvalue weighted by molar-refractivity contribution is 7.85. The van der Waals surface area contributed by atoms with E-state index >= 15 is 0 Å². The summed E-state index contributed by atoms with van der Waals surface area (Å²) in [6.07, 6.45) is -2.33. The quantitative estimate of drug-likeness (QED) is 0.741. The first-order chi connectivity index (χ1) is 11.6. The summed E-state index contributed by atoms with van der Waals surface area (Å²) in [4.78, 5) is 1.84. The summed E-state index contributed by atoms with van der Waals surface area (Å²) in [6.45, 7) is 1.20. The molecule has 1 aliphatic rings. The molecule has 0 unspecified atom stereocenters. The average molecular weight is 379 g/mol. The molecular weight excluding hydrogens is 363 g/mol. The van der Waals surface area contributed by atoms with E-state index < -0.39 is 22.1 Å². The van der Waals surface area contributed by atoms with E-state index in [4.69, 9.17) is 4.18 Å². The summed E-state index contributed by atoms with van der Waals surface area (Å²) in [5, 5.41) is 10.6. The van der Waals surface area contributed by atoms with Crippen molar-refractivity contribution in [3.8, 4) is 0 Å². The predicted molar refractivity (Wildman–Crippen MR) is 81.5 cm³/mol. The lowest BCUT2D eigenvalue weighted by molar-refractivity contribution is -0.146. The van der Waals surface area contributed by atoms with Crippen LogP contribution < -0.4 is 4.90 Å². The van der Waals surface area contributed by atoms with Crippen molar-refractivity contribution in [1.82, 2.24) is 19.8 Å². The molecule has 0 aromatic carbocycles. The molecule has 12 heteroatoms. The van der Waals surface area contributed by atoms with E-state index in [9.17, 15) is 21.6 Å². The molecule has 138 valence electrons. The maximum Gasteiger partial charge on any atom is 0.453 e. The number of fused-ring (bicyclic) bond motifs is 1. The van der Waals surface area contributed by atoms with Gasteiger partial charge in [-0.15, -0.1) is 15.3 Å². The first-order valence-electron chi connectivity index (χ1n) is 7.52. The van der Waals surface area contributed by atoms with Gasteiger partial charge in [0, 0.05) is 13.1 Å². The normalized spacial score (nSPS) is 17.4. The van der Waals surface area contributed by atoms with E-state index in [1.807, 2.05) is 4.90 Å². The number of anilines is 1. The van der Waals surface area contributed by atoms with E-state index in [-0.39, 0.29) is 18.2 Å². The van der Waals surface area contributed by atoms with Gasteiger partial charge < -0.3 is 4.90 Å². The Morgan fingerprint density at radius 1 is 1.24 bits per heavy atom. The van der Waals surface area contributed by atoms with Gasteiger partial charge in [-0.3, -0.25) is 4.18 Å². The molecule has 2 aromatic heterocycles. The first-order valence-corrected chi connectivity index (χ1v) is 9.34. The molecular formula is C13H16F3N5O3S. The zero-order valence-corrected chi connectivity index (χ0v) is 14.1. The molecule has 1 fully saturated rings. The zero-order valence-electron chi connectivity index (χ0n) is 13.3. The lowest BCUT2D eigenvalue weighted by Gasteiger charge is -2.32. The first kappa shape index (κ1) is 17.9. The second-order valence-electron chi connectivity index (χ2n) is 5.90. The third kappa shape index (κ3) is 4.18. The molecule has 8 nitrogen and oxygen atoms in total. The minimum atomic E-state index is -4.64. The SMILES string of the molecule is CS(=O)(=O)OCC1CCN(c2ccc3nnc(C(F)(F)F)n3n2)CC1. The summed E-state index contributed by atoms with van der Waals surface area (Å²) in [5.74, 6) is -0.698. The van der Waals surface area contributed by atoms with Gasteiger partial charge in [-0.1, -0.05) is 0 Å². The number of piperidine rings is 1. The van der Waals surface area contributed by atoms with Crippen molar-refractivity contribution in [2.75, 3.05) is 30.9 Å². The fourth-order valence-corrected chi connectivity index (χ4v) is 3.11. The molecule has 0 amide bonds. The van der Waals surface area contributed by atoms with Crippen molar-refractivity contribution in [2.45, 2.75) is 19.0 Å². The van der Waals surface area contributed by atoms with Crippen LogP contribution in [0.25, 0.3) is 5.65 Å². The third-order valence-corrected chi connectivity index (χ3v) is 4.52. The molecule has 0 bridgehead atoms. The van der Waals surface area contributed by atoms with E-state index in [0.717, 1.165) is 6.26 Å². The van der Waals surface area contributed by atoms with E-state index in [1.54, 1.807) is 6.07 Å². The Kier molecular flexibility index (Phi) is 4.58. The van der Waals surface area contributed by atoms with Gasteiger partial charge in [0.1, 0.15) is 5.82 Å². The summed E-state index contributed by atoms with van der Waals surface area (Å²) in [5.41, 5.74) is 0.0208. The Bertz CT molecular complexity index is 859. The Balaban J connectivity index is 1.71. The van der Waals surface area contributed by atoms with Crippen LogP contribution in [-0.4, -0.2) is 54.2 Å². The number of nitrogens with zero attached hydrogens (tertiary/aromatic N) is 5. The Labute approximate surface area is 141 Å². The maximum absolute atomic E-state index is 12.9. The van der Waals surface area contributed by atoms with Gasteiger partial charge in [0.2, 0.25) is 0 Å². The average Bonchev–Trinajstić information content (AvgIpc) is 2.96. The van der Waals surface area contributed by atoms with Gasteiger partial charge in [-0.2, -0.15) is 26.1 Å². The van der Waals surface area contributed by atoms with E-state index in [0.29, 0.717) is 36.3 Å². The van der Waals surface area contributed by atoms with Crippen LogP contribution in [-0.2, 0) is 20.5 Å². The number of aromatic nitrogens is 4. The molecule has 2 aromatic rings. The maximum atomic E-state index is 12.9. The van der Waals surface area contributed by atoms with Crippen molar-refractivity contribution in [3.63, 3.8) is 0 Å². The highest BCUT2D eigenvalue weighted by Gasteiger charge is 2.37. The molecule has 1 saturated heterocycles. The molecule has 25 heavy (non-hydrogen) atoms. The van der Waals surface area contributed by atoms with Crippen molar-refractivity contribution in [2.24, 2.45) is 5.92 Å². The van der Waals surface area contributed by atoms with Crippen LogP contribution in [0.2, 0.25) is 0 Å². The minimum absolute atomic E-state index is 0.0208. The topological polar surface area (TPSA) is 89.7 Å². The Morgan fingerprint density at radius 3 is 2.52 bits per heavy atom. The summed E-state index contributed by atoms with van der Waals surface area (Å²) in [7, 11) is -3.48.